The van der Waals surface area contributed by atoms with E-state index in [0.717, 1.165) is 11.3 Å². The van der Waals surface area contributed by atoms with Crippen LogP contribution in [-0.4, -0.2) is 9.55 Å². The average molecular weight is 219 g/mol. The molecule has 0 spiro atoms. The van der Waals surface area contributed by atoms with Crippen LogP contribution in [0.4, 0.5) is 0 Å². The highest BCUT2D eigenvalue weighted by Gasteiger charge is 2.03. The maximum absolute atomic E-state index is 8.73. The molecule has 17 heavy (non-hydrogen) atoms. The third-order valence-electron chi connectivity index (χ3n) is 2.72. The number of pyridine rings is 1. The standard InChI is InChI=1S/C14H9N3/c15-9-11-5-6-14(16-10-11)17-8-7-12-3-1-2-4-13(12)17/h1-8,10H. The van der Waals surface area contributed by atoms with Crippen molar-refractivity contribution in [1.29, 1.82) is 5.26 Å². The summed E-state index contributed by atoms with van der Waals surface area (Å²) in [5, 5.41) is 9.91. The molecule has 0 saturated carbocycles. The molecule has 0 unspecified atom stereocenters. The fraction of sp³-hybridized carbons (Fsp3) is 0. The highest BCUT2D eigenvalue weighted by Crippen LogP contribution is 2.18. The van der Waals surface area contributed by atoms with Gasteiger partial charge in [0, 0.05) is 12.4 Å². The predicted molar refractivity (Wildman–Crippen MR) is 65.8 cm³/mol. The van der Waals surface area contributed by atoms with Crippen LogP contribution >= 0.6 is 0 Å². The van der Waals surface area contributed by atoms with Gasteiger partial charge in [-0.15, -0.1) is 0 Å². The normalized spacial score (nSPS) is 10.3. The van der Waals surface area contributed by atoms with Gasteiger partial charge in [0.2, 0.25) is 0 Å². The lowest BCUT2D eigenvalue weighted by Gasteiger charge is -2.03. The lowest BCUT2D eigenvalue weighted by Crippen LogP contribution is -1.95. The maximum Gasteiger partial charge on any atom is 0.137 e. The van der Waals surface area contributed by atoms with Gasteiger partial charge in [-0.2, -0.15) is 5.26 Å². The highest BCUT2D eigenvalue weighted by molar-refractivity contribution is 5.81. The zero-order chi connectivity index (χ0) is 11.7. The van der Waals surface area contributed by atoms with E-state index in [1.165, 1.54) is 5.39 Å². The van der Waals surface area contributed by atoms with Gasteiger partial charge >= 0.3 is 0 Å². The van der Waals surface area contributed by atoms with Crippen LogP contribution in [0.1, 0.15) is 5.56 Å². The fourth-order valence-corrected chi connectivity index (χ4v) is 1.88. The largest absolute Gasteiger partial charge is 0.301 e. The quantitative estimate of drug-likeness (QED) is 0.631. The Labute approximate surface area is 98.6 Å². The summed E-state index contributed by atoms with van der Waals surface area (Å²) in [5.41, 5.74) is 1.69. The average Bonchev–Trinajstić information content (AvgIpc) is 2.83. The van der Waals surface area contributed by atoms with Crippen LogP contribution < -0.4 is 0 Å². The van der Waals surface area contributed by atoms with Gasteiger partial charge in [0.05, 0.1) is 11.1 Å². The Morgan fingerprint density at radius 2 is 1.94 bits per heavy atom. The Morgan fingerprint density at radius 1 is 1.06 bits per heavy atom. The minimum absolute atomic E-state index is 0.574. The first-order valence-electron chi connectivity index (χ1n) is 5.31. The second-order valence-corrected chi connectivity index (χ2v) is 3.76. The van der Waals surface area contributed by atoms with Crippen LogP contribution in [0.5, 0.6) is 0 Å². The lowest BCUT2D eigenvalue weighted by atomic mass is 10.2. The topological polar surface area (TPSA) is 41.6 Å². The van der Waals surface area contributed by atoms with Crippen LogP contribution in [-0.2, 0) is 0 Å². The summed E-state index contributed by atoms with van der Waals surface area (Å²) < 4.78 is 2.01. The number of benzene rings is 1. The summed E-state index contributed by atoms with van der Waals surface area (Å²) in [6.45, 7) is 0. The van der Waals surface area contributed by atoms with Gasteiger partial charge < -0.3 is 4.57 Å². The number of nitrogens with zero attached hydrogens (tertiary/aromatic N) is 3. The number of nitriles is 1. The van der Waals surface area contributed by atoms with Crippen LogP contribution in [0.15, 0.2) is 54.9 Å². The smallest absolute Gasteiger partial charge is 0.137 e. The SMILES string of the molecule is N#Cc1ccc(-n2ccc3ccccc32)nc1. The first-order valence-corrected chi connectivity index (χ1v) is 5.31. The summed E-state index contributed by atoms with van der Waals surface area (Å²) in [6.07, 6.45) is 3.57. The van der Waals surface area contributed by atoms with E-state index in [2.05, 4.69) is 29.3 Å². The van der Waals surface area contributed by atoms with Crippen molar-refractivity contribution < 1.29 is 0 Å². The number of aromatic nitrogens is 2. The monoisotopic (exact) mass is 219 g/mol. The molecule has 3 aromatic rings. The van der Waals surface area contributed by atoms with Crippen molar-refractivity contribution in [3.05, 3.63) is 60.4 Å². The molecule has 2 aromatic heterocycles. The first kappa shape index (κ1) is 9.61. The van der Waals surface area contributed by atoms with E-state index < -0.39 is 0 Å². The van der Waals surface area contributed by atoms with Gasteiger partial charge in [0.15, 0.2) is 0 Å². The summed E-state index contributed by atoms with van der Waals surface area (Å²) in [6, 6.07) is 15.9. The maximum atomic E-state index is 8.73. The van der Waals surface area contributed by atoms with Gasteiger partial charge in [-0.05, 0) is 29.7 Å². The molecule has 3 heteroatoms. The zero-order valence-corrected chi connectivity index (χ0v) is 9.04. The third kappa shape index (κ3) is 1.56. The number of hydrogen-bond donors (Lipinski definition) is 0. The molecule has 3 rings (SSSR count). The number of fused-ring (bicyclic) bond motifs is 1. The number of hydrogen-bond acceptors (Lipinski definition) is 2. The van der Waals surface area contributed by atoms with E-state index >= 15 is 0 Å². The van der Waals surface area contributed by atoms with E-state index in [0.29, 0.717) is 5.56 Å². The Kier molecular flexibility index (Phi) is 2.13. The van der Waals surface area contributed by atoms with Gasteiger partial charge in [-0.1, -0.05) is 18.2 Å². The lowest BCUT2D eigenvalue weighted by molar-refractivity contribution is 1.04. The van der Waals surface area contributed by atoms with Crippen molar-refractivity contribution in [2.75, 3.05) is 0 Å². The minimum atomic E-state index is 0.574. The molecular formula is C14H9N3. The van der Waals surface area contributed by atoms with Crippen molar-refractivity contribution in [2.24, 2.45) is 0 Å². The molecule has 0 saturated heterocycles. The minimum Gasteiger partial charge on any atom is -0.301 e. The summed E-state index contributed by atoms with van der Waals surface area (Å²) in [5.74, 6) is 0.824. The molecule has 0 aliphatic rings. The number of rotatable bonds is 1. The van der Waals surface area contributed by atoms with Crippen LogP contribution in [0.2, 0.25) is 0 Å². The van der Waals surface area contributed by atoms with Crippen molar-refractivity contribution in [1.82, 2.24) is 9.55 Å². The van der Waals surface area contributed by atoms with E-state index in [4.69, 9.17) is 5.26 Å². The van der Waals surface area contributed by atoms with Crippen LogP contribution in [0.3, 0.4) is 0 Å². The molecule has 0 atom stereocenters. The molecule has 3 nitrogen and oxygen atoms in total. The molecule has 2 heterocycles. The first-order chi connectivity index (χ1) is 8.38. The van der Waals surface area contributed by atoms with Crippen LogP contribution in [0, 0.1) is 11.3 Å². The van der Waals surface area contributed by atoms with Gasteiger partial charge in [-0.3, -0.25) is 0 Å². The molecule has 80 valence electrons. The van der Waals surface area contributed by atoms with Crippen molar-refractivity contribution >= 4 is 10.9 Å². The predicted octanol–water partition coefficient (Wildman–Crippen LogP) is 2.90. The Balaban J connectivity index is 2.17. The molecule has 0 aliphatic carbocycles. The van der Waals surface area contributed by atoms with Gasteiger partial charge in [-0.25, -0.2) is 4.98 Å². The summed E-state index contributed by atoms with van der Waals surface area (Å²) >= 11 is 0. The molecule has 0 N–H and O–H groups in total. The molecule has 0 bridgehead atoms. The molecule has 0 amide bonds. The van der Waals surface area contributed by atoms with Crippen molar-refractivity contribution in [3.63, 3.8) is 0 Å². The zero-order valence-electron chi connectivity index (χ0n) is 9.04. The Hall–Kier alpha value is -2.60. The highest BCUT2D eigenvalue weighted by atomic mass is 15.0. The molecule has 0 radical (unpaired) electrons. The van der Waals surface area contributed by atoms with Gasteiger partial charge in [0.25, 0.3) is 0 Å². The third-order valence-corrected chi connectivity index (χ3v) is 2.72. The van der Waals surface area contributed by atoms with E-state index in [9.17, 15) is 0 Å². The van der Waals surface area contributed by atoms with Crippen LogP contribution in [0.25, 0.3) is 16.7 Å². The molecular weight excluding hydrogens is 210 g/mol. The number of para-hydroxylation sites is 1. The fourth-order valence-electron chi connectivity index (χ4n) is 1.88. The van der Waals surface area contributed by atoms with Gasteiger partial charge in [0.1, 0.15) is 11.9 Å². The van der Waals surface area contributed by atoms with Crippen molar-refractivity contribution in [2.45, 2.75) is 0 Å². The molecule has 1 aromatic carbocycles. The second kappa shape index (κ2) is 3.76. The molecule has 0 aliphatic heterocycles. The van der Waals surface area contributed by atoms with Crippen molar-refractivity contribution in [3.8, 4) is 11.9 Å². The van der Waals surface area contributed by atoms with E-state index in [1.807, 2.05) is 29.0 Å². The molecule has 0 fully saturated rings. The Bertz CT molecular complexity index is 702. The van der Waals surface area contributed by atoms with E-state index in [1.54, 1.807) is 12.3 Å². The second-order valence-electron chi connectivity index (χ2n) is 3.76. The summed E-state index contributed by atoms with van der Waals surface area (Å²) in [4.78, 5) is 4.28. The Morgan fingerprint density at radius 3 is 2.71 bits per heavy atom. The van der Waals surface area contributed by atoms with E-state index in [-0.39, 0.29) is 0 Å². The summed E-state index contributed by atoms with van der Waals surface area (Å²) in [7, 11) is 0.